The van der Waals surface area contributed by atoms with Crippen molar-refractivity contribution in [3.63, 3.8) is 0 Å². The number of hydrogen-bond acceptors (Lipinski definition) is 9. The van der Waals surface area contributed by atoms with Crippen LogP contribution in [-0.4, -0.2) is 50.6 Å². The highest BCUT2D eigenvalue weighted by Gasteiger charge is 2.53. The molecule has 6 N–H and O–H groups in total. The van der Waals surface area contributed by atoms with Crippen molar-refractivity contribution < 1.29 is 28.3 Å². The second kappa shape index (κ2) is 12.4. The van der Waals surface area contributed by atoms with Crippen LogP contribution in [0.3, 0.4) is 0 Å². The number of nitrogens with one attached hydrogen (secondary N) is 3. The maximum absolute atomic E-state index is 14.2. The van der Waals surface area contributed by atoms with Gasteiger partial charge in [-0.15, -0.1) is 0 Å². The zero-order valence-corrected chi connectivity index (χ0v) is 31.2. The number of aromatic nitrogens is 3. The summed E-state index contributed by atoms with van der Waals surface area (Å²) in [5.41, 5.74) is 9.74. The molecule has 3 aliphatic rings. The van der Waals surface area contributed by atoms with Crippen LogP contribution in [0.4, 0.5) is 0 Å². The van der Waals surface area contributed by atoms with Gasteiger partial charge in [0.15, 0.2) is 22.4 Å². The monoisotopic (exact) mass is 766 g/mol. The van der Waals surface area contributed by atoms with Gasteiger partial charge in [-0.3, -0.25) is 9.59 Å². The van der Waals surface area contributed by atoms with Crippen LogP contribution >= 0.6 is 23.2 Å². The summed E-state index contributed by atoms with van der Waals surface area (Å²) >= 11 is 13.8. The SMILES string of the molecule is CC(C)C(N)C(=O)N[C@H]1Cc2ccc(O)c(c2)[C@@]23COc4c(cccc42)-c2cccc4[nH]c(Cl)c(c24)-c2oc(nc2Cl)-c2nc(oc23)[C@H](C(C)C)NC1=O. The lowest BCUT2D eigenvalue weighted by Gasteiger charge is -2.30. The van der Waals surface area contributed by atoms with Crippen LogP contribution < -0.4 is 21.1 Å². The Balaban J connectivity index is 1.37. The van der Waals surface area contributed by atoms with E-state index < -0.39 is 35.4 Å². The molecule has 6 aromatic rings. The lowest BCUT2D eigenvalue weighted by Crippen LogP contribution is -2.54. The Bertz CT molecular complexity index is 2540. The first-order chi connectivity index (χ1) is 25.9. The average Bonchev–Trinajstić information content (AvgIpc) is 3.92. The Kier molecular flexibility index (Phi) is 7.90. The van der Waals surface area contributed by atoms with E-state index in [0.717, 1.165) is 22.0 Å². The number of nitrogens with two attached hydrogens (primary N) is 1. The summed E-state index contributed by atoms with van der Waals surface area (Å²) < 4.78 is 20.2. The Morgan fingerprint density at radius 3 is 2.59 bits per heavy atom. The average molecular weight is 768 g/mol. The predicted molar refractivity (Wildman–Crippen MR) is 202 cm³/mol. The normalized spacial score (nSPS) is 20.4. The van der Waals surface area contributed by atoms with Crippen molar-refractivity contribution in [1.82, 2.24) is 25.6 Å². The third-order valence-electron chi connectivity index (χ3n) is 10.9. The number of aromatic amines is 1. The fourth-order valence-electron chi connectivity index (χ4n) is 7.98. The summed E-state index contributed by atoms with van der Waals surface area (Å²) in [5.74, 6) is -0.0855. The lowest BCUT2D eigenvalue weighted by atomic mass is 9.71. The van der Waals surface area contributed by atoms with Gasteiger partial charge in [0.05, 0.1) is 11.6 Å². The fourth-order valence-corrected chi connectivity index (χ4v) is 8.47. The van der Waals surface area contributed by atoms with E-state index in [1.165, 1.54) is 0 Å². The minimum atomic E-state index is -1.32. The maximum atomic E-state index is 14.2. The van der Waals surface area contributed by atoms with Crippen LogP contribution in [0.5, 0.6) is 11.5 Å². The molecule has 14 heteroatoms. The van der Waals surface area contributed by atoms with E-state index in [1.54, 1.807) is 12.1 Å². The molecule has 9 rings (SSSR count). The number of para-hydroxylation sites is 1. The van der Waals surface area contributed by atoms with Crippen molar-refractivity contribution >= 4 is 45.9 Å². The zero-order chi connectivity index (χ0) is 37.8. The van der Waals surface area contributed by atoms with E-state index in [1.807, 2.05) is 70.2 Å². The van der Waals surface area contributed by atoms with Gasteiger partial charge < -0.3 is 40.0 Å². The zero-order valence-electron chi connectivity index (χ0n) is 29.7. The summed E-state index contributed by atoms with van der Waals surface area (Å²) in [7, 11) is 0. The molecule has 4 atom stereocenters. The van der Waals surface area contributed by atoms with Crippen LogP contribution in [0.2, 0.25) is 10.3 Å². The van der Waals surface area contributed by atoms with E-state index in [0.29, 0.717) is 33.2 Å². The van der Waals surface area contributed by atoms with Gasteiger partial charge in [0, 0.05) is 34.0 Å². The van der Waals surface area contributed by atoms with Gasteiger partial charge in [0.1, 0.15) is 40.8 Å². The highest BCUT2D eigenvalue weighted by Crippen LogP contribution is 2.57. The largest absolute Gasteiger partial charge is 0.508 e. The smallest absolute Gasteiger partial charge is 0.250 e. The highest BCUT2D eigenvalue weighted by atomic mass is 35.5. The standard InChI is InChI=1S/C40H36Cl2N6O6/c1-16(2)28(43)37(51)45-24-14-18-11-12-25(49)22(13-18)40-15-52-31-20(8-5-9-21(31)40)19-7-6-10-23-26(19)27(34(41)44-23)32-35(42)48-39(53-32)30-33(40)54-38(47-30)29(17(3)4)46-36(24)50/h5-13,16-17,24,28-29,44,49H,14-15,43H2,1-4H3,(H,45,51)(H,46,50)/t24-,28?,29-,40+/m0/s1. The van der Waals surface area contributed by atoms with Gasteiger partial charge in [-0.2, -0.15) is 4.98 Å². The number of carbonyl (C=O) groups excluding carboxylic acids is 2. The van der Waals surface area contributed by atoms with Crippen LogP contribution in [0.1, 0.15) is 62.1 Å². The minimum absolute atomic E-state index is 0.00186. The van der Waals surface area contributed by atoms with Crippen molar-refractivity contribution in [3.8, 4) is 45.5 Å². The molecule has 0 saturated carbocycles. The van der Waals surface area contributed by atoms with Crippen molar-refractivity contribution in [1.29, 1.82) is 0 Å². The Morgan fingerprint density at radius 2 is 1.81 bits per heavy atom. The molecule has 12 nitrogen and oxygen atoms in total. The molecule has 3 aliphatic heterocycles. The summed E-state index contributed by atoms with van der Waals surface area (Å²) in [6.45, 7) is 7.53. The van der Waals surface area contributed by atoms with E-state index in [2.05, 4.69) is 20.6 Å². The molecular formula is C40H36Cl2N6O6. The molecule has 6 heterocycles. The molecule has 1 unspecified atom stereocenters. The number of rotatable bonds is 4. The number of carbonyl (C=O) groups is 2. The Morgan fingerprint density at radius 1 is 1.04 bits per heavy atom. The van der Waals surface area contributed by atoms with Gasteiger partial charge in [-0.25, -0.2) is 4.98 Å². The van der Waals surface area contributed by atoms with E-state index in [-0.39, 0.29) is 64.8 Å². The van der Waals surface area contributed by atoms with Gasteiger partial charge in [-0.05, 0) is 35.1 Å². The summed E-state index contributed by atoms with van der Waals surface area (Å²) in [6.07, 6.45) is 0.0985. The second-order valence-corrected chi connectivity index (χ2v) is 15.6. The summed E-state index contributed by atoms with van der Waals surface area (Å²) in [5, 5.41) is 19.0. The van der Waals surface area contributed by atoms with Gasteiger partial charge in [0.2, 0.25) is 17.7 Å². The number of oxazole rings is 2. The van der Waals surface area contributed by atoms with Crippen LogP contribution in [0.15, 0.2) is 63.4 Å². The number of hydrogen-bond donors (Lipinski definition) is 5. The molecular weight excluding hydrogens is 731 g/mol. The Hall–Kier alpha value is -5.30. The molecule has 3 aromatic heterocycles. The van der Waals surface area contributed by atoms with Crippen molar-refractivity contribution in [2.45, 2.75) is 57.7 Å². The number of halogens is 2. The van der Waals surface area contributed by atoms with E-state index in [4.69, 9.17) is 47.5 Å². The van der Waals surface area contributed by atoms with Gasteiger partial charge in [0.25, 0.3) is 5.89 Å². The molecule has 0 saturated heterocycles. The second-order valence-electron chi connectivity index (χ2n) is 14.9. The molecule has 3 aromatic carbocycles. The number of H-pyrrole nitrogens is 1. The molecule has 54 heavy (non-hydrogen) atoms. The van der Waals surface area contributed by atoms with Gasteiger partial charge >= 0.3 is 0 Å². The summed E-state index contributed by atoms with van der Waals surface area (Å²) in [4.78, 5) is 40.5. The van der Waals surface area contributed by atoms with Gasteiger partial charge in [-0.1, -0.05) is 93.4 Å². The van der Waals surface area contributed by atoms with E-state index in [9.17, 15) is 14.7 Å². The summed E-state index contributed by atoms with van der Waals surface area (Å²) in [6, 6.07) is 14.1. The number of nitrogens with zero attached hydrogens (tertiary/aromatic N) is 2. The molecule has 0 fully saturated rings. The van der Waals surface area contributed by atoms with Crippen LogP contribution in [0.25, 0.3) is 44.9 Å². The number of benzene rings is 3. The lowest BCUT2D eigenvalue weighted by molar-refractivity contribution is -0.130. The maximum Gasteiger partial charge on any atom is 0.250 e. The van der Waals surface area contributed by atoms with Crippen LogP contribution in [-0.2, 0) is 21.4 Å². The van der Waals surface area contributed by atoms with Crippen molar-refractivity contribution in [2.75, 3.05) is 6.61 Å². The number of ether oxygens (including phenoxy) is 1. The molecule has 10 bridgehead atoms. The molecule has 276 valence electrons. The molecule has 2 amide bonds. The quantitative estimate of drug-likeness (QED) is 0.126. The third kappa shape index (κ3) is 5.00. The van der Waals surface area contributed by atoms with E-state index >= 15 is 0 Å². The predicted octanol–water partition coefficient (Wildman–Crippen LogP) is 7.04. The van der Waals surface area contributed by atoms with Crippen molar-refractivity contribution in [2.24, 2.45) is 17.6 Å². The number of aromatic hydroxyl groups is 1. The van der Waals surface area contributed by atoms with Crippen LogP contribution in [0, 0.1) is 11.8 Å². The topological polar surface area (TPSA) is 182 Å². The number of phenolic OH excluding ortho intramolecular Hbond substituents is 1. The fraction of sp³-hybridized carbons (Fsp3) is 0.300. The first kappa shape index (κ1) is 34.5. The number of phenols is 1. The number of amides is 2. The minimum Gasteiger partial charge on any atom is -0.508 e. The third-order valence-corrected chi connectivity index (χ3v) is 11.4. The first-order valence-electron chi connectivity index (χ1n) is 17.8. The molecule has 0 aliphatic carbocycles. The Labute approximate surface area is 319 Å². The number of fused-ring (bicyclic) bond motifs is 8. The highest BCUT2D eigenvalue weighted by molar-refractivity contribution is 6.37. The van der Waals surface area contributed by atoms with Crippen molar-refractivity contribution in [3.05, 3.63) is 93.2 Å². The first-order valence-corrected chi connectivity index (χ1v) is 18.6. The molecule has 1 spiro atoms. The molecule has 0 radical (unpaired) electrons.